The molecule has 0 saturated carbocycles. The van der Waals surface area contributed by atoms with Gasteiger partial charge in [-0.25, -0.2) is 0 Å². The smallest absolute Gasteiger partial charge is 0.317 e. The number of nitrogens with one attached hydrogen (secondary N) is 1. The highest BCUT2D eigenvalue weighted by molar-refractivity contribution is 7.80. The van der Waals surface area contributed by atoms with Crippen molar-refractivity contribution >= 4 is 29.0 Å². The molecular formula is C23H26N2O4S. The lowest BCUT2D eigenvalue weighted by Gasteiger charge is -2.55. The van der Waals surface area contributed by atoms with Gasteiger partial charge in [0, 0.05) is 11.3 Å². The Labute approximate surface area is 182 Å². The molecule has 0 aromatic heterocycles. The Morgan fingerprint density at radius 2 is 1.97 bits per heavy atom. The van der Waals surface area contributed by atoms with Crippen LogP contribution in [0, 0.1) is 5.92 Å². The van der Waals surface area contributed by atoms with Gasteiger partial charge in [0.25, 0.3) is 0 Å². The molecule has 2 aliphatic rings. The topological polar surface area (TPSA) is 60.0 Å². The summed E-state index contributed by atoms with van der Waals surface area (Å²) >= 11 is 5.74. The van der Waals surface area contributed by atoms with Crippen LogP contribution in [0.25, 0.3) is 0 Å². The molecule has 2 bridgehead atoms. The summed E-state index contributed by atoms with van der Waals surface area (Å²) < 4.78 is 17.6. The second kappa shape index (κ2) is 7.80. The van der Waals surface area contributed by atoms with Crippen LogP contribution >= 0.6 is 12.2 Å². The summed E-state index contributed by atoms with van der Waals surface area (Å²) in [6, 6.07) is 13.4. The third-order valence-corrected chi connectivity index (χ3v) is 6.15. The zero-order valence-corrected chi connectivity index (χ0v) is 18.4. The van der Waals surface area contributed by atoms with Crippen LogP contribution in [-0.2, 0) is 16.0 Å². The Morgan fingerprint density at radius 1 is 1.23 bits per heavy atom. The number of carbonyl (C=O) groups is 1. The van der Waals surface area contributed by atoms with Crippen molar-refractivity contribution in [2.45, 2.75) is 39.0 Å². The fourth-order valence-corrected chi connectivity index (χ4v) is 4.81. The van der Waals surface area contributed by atoms with Crippen LogP contribution in [0.5, 0.6) is 11.5 Å². The van der Waals surface area contributed by atoms with Crippen molar-refractivity contribution in [3.05, 3.63) is 53.6 Å². The highest BCUT2D eigenvalue weighted by Crippen LogP contribution is 2.52. The van der Waals surface area contributed by atoms with Gasteiger partial charge in [-0.1, -0.05) is 31.2 Å². The number of hydrogen-bond donors (Lipinski definition) is 1. The van der Waals surface area contributed by atoms with Crippen LogP contribution in [-0.4, -0.2) is 30.5 Å². The number of anilines is 1. The molecular weight excluding hydrogens is 400 g/mol. The molecule has 1 N–H and O–H groups in total. The van der Waals surface area contributed by atoms with Gasteiger partial charge in [-0.2, -0.15) is 0 Å². The van der Waals surface area contributed by atoms with Gasteiger partial charge < -0.3 is 19.5 Å². The van der Waals surface area contributed by atoms with E-state index in [-0.39, 0.29) is 12.0 Å². The van der Waals surface area contributed by atoms with Gasteiger partial charge in [0.1, 0.15) is 5.92 Å². The van der Waals surface area contributed by atoms with E-state index in [0.29, 0.717) is 23.2 Å². The summed E-state index contributed by atoms with van der Waals surface area (Å²) in [6.45, 7) is 6.09. The average molecular weight is 427 g/mol. The van der Waals surface area contributed by atoms with E-state index in [0.717, 1.165) is 17.7 Å². The van der Waals surface area contributed by atoms with Crippen molar-refractivity contribution in [1.29, 1.82) is 0 Å². The number of rotatable bonds is 5. The molecule has 2 aliphatic heterocycles. The van der Waals surface area contributed by atoms with Crippen LogP contribution in [0.3, 0.4) is 0 Å². The van der Waals surface area contributed by atoms with Gasteiger partial charge in [-0.15, -0.1) is 0 Å². The van der Waals surface area contributed by atoms with Crippen LogP contribution < -0.4 is 19.7 Å². The number of benzene rings is 2. The summed E-state index contributed by atoms with van der Waals surface area (Å²) in [5, 5.41) is 3.87. The van der Waals surface area contributed by atoms with E-state index in [4.69, 9.17) is 26.4 Å². The maximum Gasteiger partial charge on any atom is 0.317 e. The first-order valence-electron chi connectivity index (χ1n) is 10.2. The average Bonchev–Trinajstić information content (AvgIpc) is 2.73. The number of methoxy groups -OCH3 is 1. The Morgan fingerprint density at radius 3 is 2.60 bits per heavy atom. The molecule has 0 unspecified atom stereocenters. The van der Waals surface area contributed by atoms with Gasteiger partial charge in [0.15, 0.2) is 16.6 Å². The summed E-state index contributed by atoms with van der Waals surface area (Å²) in [4.78, 5) is 15.0. The molecule has 3 atom stereocenters. The highest BCUT2D eigenvalue weighted by atomic mass is 32.1. The first-order chi connectivity index (χ1) is 14.4. The van der Waals surface area contributed by atoms with Crippen molar-refractivity contribution in [2.75, 3.05) is 18.6 Å². The van der Waals surface area contributed by atoms with E-state index >= 15 is 0 Å². The molecule has 0 aliphatic carbocycles. The Bertz CT molecular complexity index is 978. The molecule has 2 aromatic rings. The number of para-hydroxylation sites is 1. The fourth-order valence-electron chi connectivity index (χ4n) is 4.39. The number of thiocarbonyl (C=S) groups is 1. The van der Waals surface area contributed by atoms with Gasteiger partial charge >= 0.3 is 5.97 Å². The van der Waals surface area contributed by atoms with E-state index < -0.39 is 11.6 Å². The van der Waals surface area contributed by atoms with E-state index in [1.165, 1.54) is 5.56 Å². The minimum absolute atomic E-state index is 0.290. The second-order valence-electron chi connectivity index (χ2n) is 7.55. The van der Waals surface area contributed by atoms with E-state index in [1.807, 2.05) is 42.2 Å². The SMILES string of the molecule is CCOC(=O)[C@@H]1[C@H]2NC(=S)N(c3ccc(CC)cc3)[C@]1(C)Oc1c(OC)cccc12. The molecule has 30 heavy (non-hydrogen) atoms. The zero-order chi connectivity index (χ0) is 21.5. The number of nitrogens with zero attached hydrogens (tertiary/aromatic N) is 1. The number of carbonyl (C=O) groups excluding carboxylic acids is 1. The Balaban J connectivity index is 1.89. The maximum atomic E-state index is 13.1. The first kappa shape index (κ1) is 20.5. The van der Waals surface area contributed by atoms with Crippen molar-refractivity contribution in [2.24, 2.45) is 5.92 Å². The molecule has 4 rings (SSSR count). The molecule has 6 nitrogen and oxygen atoms in total. The van der Waals surface area contributed by atoms with Gasteiger partial charge in [0.05, 0.1) is 19.8 Å². The number of aryl methyl sites for hydroxylation is 1. The van der Waals surface area contributed by atoms with Gasteiger partial charge in [0.2, 0.25) is 5.72 Å². The van der Waals surface area contributed by atoms with Crippen molar-refractivity contribution in [3.8, 4) is 11.5 Å². The van der Waals surface area contributed by atoms with Crippen molar-refractivity contribution in [3.63, 3.8) is 0 Å². The van der Waals surface area contributed by atoms with Crippen LogP contribution in [0.15, 0.2) is 42.5 Å². The normalized spacial score (nSPS) is 24.4. The Kier molecular flexibility index (Phi) is 5.32. The highest BCUT2D eigenvalue weighted by Gasteiger charge is 2.60. The standard InChI is InChI=1S/C23H26N2O4S/c1-5-14-10-12-15(13-11-14)25-22(30)24-19-16-8-7-9-17(27-4)20(16)29-23(25,3)18(19)21(26)28-6-2/h7-13,18-19H,5-6H2,1-4H3,(H,24,30)/t18-,19-,23+/m0/s1. The van der Waals surface area contributed by atoms with E-state index in [1.54, 1.807) is 14.0 Å². The molecule has 1 fully saturated rings. The number of fused-ring (bicyclic) bond motifs is 4. The number of hydrogen-bond acceptors (Lipinski definition) is 5. The summed E-state index contributed by atoms with van der Waals surface area (Å²) in [6.07, 6.45) is 0.939. The van der Waals surface area contributed by atoms with Crippen LogP contribution in [0.4, 0.5) is 5.69 Å². The lowest BCUT2D eigenvalue weighted by Crippen LogP contribution is -2.71. The minimum Gasteiger partial charge on any atom is -0.493 e. The largest absolute Gasteiger partial charge is 0.493 e. The molecule has 0 spiro atoms. The molecule has 0 amide bonds. The maximum absolute atomic E-state index is 13.1. The third kappa shape index (κ3) is 3.08. The number of ether oxygens (including phenoxy) is 3. The lowest BCUT2D eigenvalue weighted by atomic mass is 9.79. The monoisotopic (exact) mass is 426 g/mol. The minimum atomic E-state index is -1.09. The Hall–Kier alpha value is -2.80. The van der Waals surface area contributed by atoms with Crippen molar-refractivity contribution in [1.82, 2.24) is 5.32 Å². The molecule has 7 heteroatoms. The molecule has 158 valence electrons. The van der Waals surface area contributed by atoms with Crippen LogP contribution in [0.2, 0.25) is 0 Å². The number of esters is 1. The lowest BCUT2D eigenvalue weighted by molar-refractivity contribution is -0.159. The van der Waals surface area contributed by atoms with Crippen molar-refractivity contribution < 1.29 is 19.0 Å². The molecule has 2 aromatic carbocycles. The quantitative estimate of drug-likeness (QED) is 0.573. The molecule has 0 radical (unpaired) electrons. The predicted molar refractivity (Wildman–Crippen MR) is 119 cm³/mol. The van der Waals surface area contributed by atoms with Crippen LogP contribution in [0.1, 0.15) is 37.9 Å². The summed E-state index contributed by atoms with van der Waals surface area (Å²) in [5.41, 5.74) is 1.80. The van der Waals surface area contributed by atoms with E-state index in [9.17, 15) is 4.79 Å². The zero-order valence-electron chi connectivity index (χ0n) is 17.6. The third-order valence-electron chi connectivity index (χ3n) is 5.85. The predicted octanol–water partition coefficient (Wildman–Crippen LogP) is 3.98. The molecule has 2 heterocycles. The van der Waals surface area contributed by atoms with Gasteiger partial charge in [-0.05, 0) is 56.2 Å². The van der Waals surface area contributed by atoms with Gasteiger partial charge in [-0.3, -0.25) is 9.69 Å². The summed E-state index contributed by atoms with van der Waals surface area (Å²) in [7, 11) is 1.60. The first-order valence-corrected chi connectivity index (χ1v) is 10.6. The fraction of sp³-hybridized carbons (Fsp3) is 0.391. The molecule has 1 saturated heterocycles. The van der Waals surface area contributed by atoms with E-state index in [2.05, 4.69) is 24.4 Å². The summed E-state index contributed by atoms with van der Waals surface area (Å²) in [5.74, 6) is 0.262. The second-order valence-corrected chi connectivity index (χ2v) is 7.93.